The summed E-state index contributed by atoms with van der Waals surface area (Å²) in [5.74, 6) is 1.16. The molecule has 2 heterocycles. The Kier molecular flexibility index (Phi) is 4.24. The molecule has 0 aliphatic heterocycles. The van der Waals surface area contributed by atoms with E-state index in [1.165, 1.54) is 6.33 Å². The number of carbonyl (C=O) groups excluding carboxylic acids is 1. The fourth-order valence-electron chi connectivity index (χ4n) is 2.12. The van der Waals surface area contributed by atoms with E-state index in [4.69, 9.17) is 0 Å². The summed E-state index contributed by atoms with van der Waals surface area (Å²) < 4.78 is 1.69. The molecule has 7 nitrogen and oxygen atoms in total. The van der Waals surface area contributed by atoms with Crippen molar-refractivity contribution in [2.24, 2.45) is 0 Å². The normalized spacial score (nSPS) is 10.5. The summed E-state index contributed by atoms with van der Waals surface area (Å²) in [5.41, 5.74) is 2.19. The molecule has 0 fully saturated rings. The number of nitrogens with zero attached hydrogens (tertiary/aromatic N) is 5. The van der Waals surface area contributed by atoms with E-state index >= 15 is 0 Å². The van der Waals surface area contributed by atoms with Crippen LogP contribution < -0.4 is 10.2 Å². The van der Waals surface area contributed by atoms with Gasteiger partial charge < -0.3 is 10.2 Å². The minimum Gasteiger partial charge on any atom is -0.363 e. The summed E-state index contributed by atoms with van der Waals surface area (Å²) in [5, 5.41) is 2.82. The van der Waals surface area contributed by atoms with E-state index in [1.54, 1.807) is 17.1 Å². The number of aryl methyl sites for hydroxylation is 1. The van der Waals surface area contributed by atoms with Gasteiger partial charge in [0.25, 0.3) is 5.91 Å². The number of nitrogens with one attached hydrogen (secondary N) is 1. The molecule has 0 radical (unpaired) electrons. The van der Waals surface area contributed by atoms with Crippen LogP contribution in [0.5, 0.6) is 0 Å². The van der Waals surface area contributed by atoms with Crippen molar-refractivity contribution in [3.63, 3.8) is 0 Å². The average molecular weight is 322 g/mol. The number of rotatable bonds is 4. The zero-order chi connectivity index (χ0) is 17.1. The smallest absolute Gasteiger partial charge is 0.275 e. The predicted molar refractivity (Wildman–Crippen MR) is 92.6 cm³/mol. The van der Waals surface area contributed by atoms with Crippen molar-refractivity contribution in [1.29, 1.82) is 0 Å². The number of aromatic nitrogens is 4. The zero-order valence-electron chi connectivity index (χ0n) is 13.8. The molecule has 7 heteroatoms. The van der Waals surface area contributed by atoms with E-state index in [0.717, 1.165) is 17.1 Å². The minimum atomic E-state index is -0.264. The molecule has 24 heavy (non-hydrogen) atoms. The third-order valence-electron chi connectivity index (χ3n) is 3.49. The number of amides is 1. The Labute approximate surface area is 140 Å². The molecular weight excluding hydrogens is 304 g/mol. The van der Waals surface area contributed by atoms with E-state index in [2.05, 4.69) is 20.3 Å². The lowest BCUT2D eigenvalue weighted by Gasteiger charge is -2.11. The fraction of sp³-hybridized carbons (Fsp3) is 0.176. The maximum Gasteiger partial charge on any atom is 0.275 e. The number of anilines is 2. The first-order valence-corrected chi connectivity index (χ1v) is 7.44. The van der Waals surface area contributed by atoms with Crippen molar-refractivity contribution >= 4 is 17.4 Å². The highest BCUT2D eigenvalue weighted by atomic mass is 16.1. The lowest BCUT2D eigenvalue weighted by Crippen LogP contribution is -2.12. The third-order valence-corrected chi connectivity index (χ3v) is 3.49. The van der Waals surface area contributed by atoms with Crippen LogP contribution in [0.4, 0.5) is 11.5 Å². The molecule has 0 unspecified atom stereocenters. The SMILES string of the molecule is Cc1ccc(NC(=O)c2cn(-c3cc(N(C)C)ncn3)cn2)cc1. The Hall–Kier alpha value is -3.22. The highest BCUT2D eigenvalue weighted by molar-refractivity contribution is 6.02. The van der Waals surface area contributed by atoms with Crippen molar-refractivity contribution in [3.05, 3.63) is 60.4 Å². The Morgan fingerprint density at radius 3 is 2.58 bits per heavy atom. The van der Waals surface area contributed by atoms with Crippen LogP contribution in [0.25, 0.3) is 5.82 Å². The van der Waals surface area contributed by atoms with Crippen molar-refractivity contribution < 1.29 is 4.79 Å². The first kappa shape index (κ1) is 15.7. The summed E-state index contributed by atoms with van der Waals surface area (Å²) in [7, 11) is 3.81. The van der Waals surface area contributed by atoms with E-state index in [0.29, 0.717) is 11.5 Å². The molecule has 3 rings (SSSR count). The quantitative estimate of drug-likeness (QED) is 0.797. The first-order chi connectivity index (χ1) is 11.5. The molecule has 3 aromatic rings. The Bertz CT molecular complexity index is 854. The summed E-state index contributed by atoms with van der Waals surface area (Å²) in [6, 6.07) is 9.43. The largest absolute Gasteiger partial charge is 0.363 e. The molecular formula is C17H18N6O. The topological polar surface area (TPSA) is 75.9 Å². The van der Waals surface area contributed by atoms with Crippen molar-refractivity contribution in [2.45, 2.75) is 6.92 Å². The molecule has 0 aliphatic rings. The number of hydrogen-bond donors (Lipinski definition) is 1. The molecule has 1 amide bonds. The number of benzene rings is 1. The van der Waals surface area contributed by atoms with Gasteiger partial charge in [0.1, 0.15) is 30.0 Å². The van der Waals surface area contributed by atoms with Gasteiger partial charge in [0.15, 0.2) is 0 Å². The maximum atomic E-state index is 12.3. The van der Waals surface area contributed by atoms with Gasteiger partial charge in [0.05, 0.1) is 0 Å². The van der Waals surface area contributed by atoms with Gasteiger partial charge in [-0.1, -0.05) is 17.7 Å². The molecule has 1 N–H and O–H groups in total. The second-order valence-electron chi connectivity index (χ2n) is 5.62. The van der Waals surface area contributed by atoms with Gasteiger partial charge in [-0.05, 0) is 19.1 Å². The van der Waals surface area contributed by atoms with Gasteiger partial charge in [0, 0.05) is 32.0 Å². The van der Waals surface area contributed by atoms with Crippen LogP contribution in [0.1, 0.15) is 16.1 Å². The number of imidazole rings is 1. The third kappa shape index (κ3) is 3.40. The monoisotopic (exact) mass is 322 g/mol. The molecule has 1 aromatic carbocycles. The van der Waals surface area contributed by atoms with Crippen LogP contribution in [-0.2, 0) is 0 Å². The van der Waals surface area contributed by atoms with Gasteiger partial charge in [-0.2, -0.15) is 0 Å². The number of hydrogen-bond acceptors (Lipinski definition) is 5. The van der Waals surface area contributed by atoms with Crippen molar-refractivity contribution in [1.82, 2.24) is 19.5 Å². The molecule has 122 valence electrons. The molecule has 0 spiro atoms. The van der Waals surface area contributed by atoms with Crippen LogP contribution in [0.3, 0.4) is 0 Å². The molecule has 0 aliphatic carbocycles. The molecule has 0 saturated carbocycles. The molecule has 0 bridgehead atoms. The highest BCUT2D eigenvalue weighted by Crippen LogP contribution is 2.13. The van der Waals surface area contributed by atoms with Gasteiger partial charge >= 0.3 is 0 Å². The molecule has 0 saturated heterocycles. The standard InChI is InChI=1S/C17H18N6O/c1-12-4-6-13(7-5-12)21-17(24)14-9-23(11-20-14)16-8-15(22(2)3)18-10-19-16/h4-11H,1-3H3,(H,21,24). The Balaban J connectivity index is 1.78. The Morgan fingerprint density at radius 2 is 1.88 bits per heavy atom. The van der Waals surface area contributed by atoms with E-state index in [1.807, 2.05) is 56.3 Å². The van der Waals surface area contributed by atoms with Gasteiger partial charge in [-0.15, -0.1) is 0 Å². The molecule has 0 atom stereocenters. The van der Waals surface area contributed by atoms with Crippen LogP contribution in [0.15, 0.2) is 49.2 Å². The predicted octanol–water partition coefficient (Wildman–Crippen LogP) is 2.29. The minimum absolute atomic E-state index is 0.264. The Morgan fingerprint density at radius 1 is 1.12 bits per heavy atom. The zero-order valence-corrected chi connectivity index (χ0v) is 13.8. The number of carbonyl (C=O) groups is 1. The van der Waals surface area contributed by atoms with E-state index < -0.39 is 0 Å². The highest BCUT2D eigenvalue weighted by Gasteiger charge is 2.11. The van der Waals surface area contributed by atoms with Gasteiger partial charge in [0.2, 0.25) is 0 Å². The maximum absolute atomic E-state index is 12.3. The fourth-order valence-corrected chi connectivity index (χ4v) is 2.12. The summed E-state index contributed by atoms with van der Waals surface area (Å²) in [6.45, 7) is 2.00. The first-order valence-electron chi connectivity index (χ1n) is 7.44. The van der Waals surface area contributed by atoms with Crippen molar-refractivity contribution in [2.75, 3.05) is 24.3 Å². The summed E-state index contributed by atoms with van der Waals surface area (Å²) >= 11 is 0. The van der Waals surface area contributed by atoms with Crippen LogP contribution in [-0.4, -0.2) is 39.5 Å². The van der Waals surface area contributed by atoms with Crippen LogP contribution in [0, 0.1) is 6.92 Å². The summed E-state index contributed by atoms with van der Waals surface area (Å²) in [6.07, 6.45) is 4.69. The van der Waals surface area contributed by atoms with Gasteiger partial charge in [-0.25, -0.2) is 15.0 Å². The van der Waals surface area contributed by atoms with E-state index in [-0.39, 0.29) is 5.91 Å². The lowest BCUT2D eigenvalue weighted by atomic mass is 10.2. The van der Waals surface area contributed by atoms with E-state index in [9.17, 15) is 4.79 Å². The van der Waals surface area contributed by atoms with Crippen LogP contribution in [0.2, 0.25) is 0 Å². The average Bonchev–Trinajstić information content (AvgIpc) is 3.07. The van der Waals surface area contributed by atoms with Crippen LogP contribution >= 0.6 is 0 Å². The van der Waals surface area contributed by atoms with Crippen molar-refractivity contribution in [3.8, 4) is 5.82 Å². The van der Waals surface area contributed by atoms with Gasteiger partial charge in [-0.3, -0.25) is 9.36 Å². The second-order valence-corrected chi connectivity index (χ2v) is 5.62. The summed E-state index contributed by atoms with van der Waals surface area (Å²) in [4.78, 5) is 26.7. The lowest BCUT2D eigenvalue weighted by molar-refractivity contribution is 0.102. The second kappa shape index (κ2) is 6.49. The molecule has 2 aromatic heterocycles.